The van der Waals surface area contributed by atoms with E-state index in [2.05, 4.69) is 4.74 Å². The zero-order valence-corrected chi connectivity index (χ0v) is 8.56. The predicted octanol–water partition coefficient (Wildman–Crippen LogP) is 0.251. The van der Waals surface area contributed by atoms with E-state index in [-0.39, 0.29) is 29.7 Å². The lowest BCUT2D eigenvalue weighted by molar-refractivity contribution is -0.146. The minimum atomic E-state index is -0.465. The van der Waals surface area contributed by atoms with Crippen LogP contribution in [0.25, 0.3) is 0 Å². The maximum atomic E-state index is 11.2. The number of ether oxygens (including phenoxy) is 3. The third-order valence-corrected chi connectivity index (χ3v) is 2.56. The summed E-state index contributed by atoms with van der Waals surface area (Å²) in [6, 6.07) is 0. The van der Waals surface area contributed by atoms with E-state index in [1.165, 1.54) is 7.11 Å². The van der Waals surface area contributed by atoms with Crippen LogP contribution in [0.5, 0.6) is 0 Å². The van der Waals surface area contributed by atoms with Crippen LogP contribution in [0, 0.1) is 11.8 Å². The van der Waals surface area contributed by atoms with Crippen molar-refractivity contribution in [2.45, 2.75) is 13.0 Å². The summed E-state index contributed by atoms with van der Waals surface area (Å²) in [7, 11) is 1.34. The van der Waals surface area contributed by atoms with Crippen molar-refractivity contribution >= 4 is 11.9 Å². The Hall–Kier alpha value is -1.52. The maximum absolute atomic E-state index is 11.2. The van der Waals surface area contributed by atoms with Crippen LogP contribution in [0.15, 0.2) is 11.8 Å². The smallest absolute Gasteiger partial charge is 0.373 e. The molecule has 0 aromatic carbocycles. The maximum Gasteiger partial charge on any atom is 0.373 e. The molecule has 2 rings (SSSR count). The van der Waals surface area contributed by atoms with Crippen LogP contribution in [0.4, 0.5) is 0 Å². The van der Waals surface area contributed by atoms with Crippen molar-refractivity contribution < 1.29 is 23.8 Å². The summed E-state index contributed by atoms with van der Waals surface area (Å²) in [5.74, 6) is -0.797. The molecule has 0 spiro atoms. The highest BCUT2D eigenvalue weighted by molar-refractivity contribution is 5.88. The van der Waals surface area contributed by atoms with Crippen LogP contribution in [0.2, 0.25) is 0 Å². The van der Waals surface area contributed by atoms with E-state index in [9.17, 15) is 9.59 Å². The highest BCUT2D eigenvalue weighted by Crippen LogP contribution is 2.50. The lowest BCUT2D eigenvalue weighted by Gasteiger charge is -2.06. The molecule has 0 unspecified atom stereocenters. The fourth-order valence-electron chi connectivity index (χ4n) is 1.76. The van der Waals surface area contributed by atoms with Crippen LogP contribution in [0.1, 0.15) is 6.92 Å². The number of methoxy groups -OCH3 is 1. The highest BCUT2D eigenvalue weighted by atomic mass is 16.6. The lowest BCUT2D eigenvalue weighted by atomic mass is 10.3. The SMILES string of the molecule is CCOC(=O)C1=C[C@H]2[C@@H](O1)[C@@H]2C(=O)OC. The second-order valence-electron chi connectivity index (χ2n) is 3.46. The van der Waals surface area contributed by atoms with Gasteiger partial charge >= 0.3 is 11.9 Å². The van der Waals surface area contributed by atoms with E-state index in [1.807, 2.05) is 0 Å². The molecule has 2 aliphatic rings. The summed E-state index contributed by atoms with van der Waals surface area (Å²) in [6.45, 7) is 2.04. The molecule has 5 nitrogen and oxygen atoms in total. The fourth-order valence-corrected chi connectivity index (χ4v) is 1.76. The molecular weight excluding hydrogens is 200 g/mol. The molecule has 5 heteroatoms. The fraction of sp³-hybridized carbons (Fsp3) is 0.600. The van der Waals surface area contributed by atoms with Gasteiger partial charge in [0, 0.05) is 5.92 Å². The van der Waals surface area contributed by atoms with E-state index in [4.69, 9.17) is 9.47 Å². The third-order valence-electron chi connectivity index (χ3n) is 2.56. The van der Waals surface area contributed by atoms with Gasteiger partial charge in [0.1, 0.15) is 12.0 Å². The number of fused-ring (bicyclic) bond motifs is 1. The van der Waals surface area contributed by atoms with Crippen molar-refractivity contribution in [3.63, 3.8) is 0 Å². The van der Waals surface area contributed by atoms with Crippen molar-refractivity contribution in [2.75, 3.05) is 13.7 Å². The molecule has 1 fully saturated rings. The first-order chi connectivity index (χ1) is 7.19. The number of carbonyl (C=O) groups excluding carboxylic acids is 2. The first-order valence-corrected chi connectivity index (χ1v) is 4.82. The monoisotopic (exact) mass is 212 g/mol. The summed E-state index contributed by atoms with van der Waals surface area (Å²) < 4.78 is 14.6. The number of rotatable bonds is 3. The molecule has 1 aliphatic heterocycles. The Morgan fingerprint density at radius 3 is 2.73 bits per heavy atom. The topological polar surface area (TPSA) is 61.8 Å². The molecule has 0 amide bonds. The first-order valence-electron chi connectivity index (χ1n) is 4.82. The van der Waals surface area contributed by atoms with Gasteiger partial charge in [-0.3, -0.25) is 4.79 Å². The molecule has 15 heavy (non-hydrogen) atoms. The Labute approximate surface area is 87.0 Å². The van der Waals surface area contributed by atoms with Crippen LogP contribution >= 0.6 is 0 Å². The van der Waals surface area contributed by atoms with Crippen molar-refractivity contribution in [1.82, 2.24) is 0 Å². The van der Waals surface area contributed by atoms with Crippen LogP contribution in [-0.2, 0) is 23.8 Å². The molecule has 0 aromatic heterocycles. The summed E-state index contributed by atoms with van der Waals surface area (Å²) in [5, 5.41) is 0. The van der Waals surface area contributed by atoms with E-state index in [0.29, 0.717) is 6.61 Å². The minimum absolute atomic E-state index is 0.0168. The molecule has 82 valence electrons. The van der Waals surface area contributed by atoms with Gasteiger partial charge in [0.2, 0.25) is 5.76 Å². The second kappa shape index (κ2) is 3.56. The second-order valence-corrected chi connectivity index (χ2v) is 3.46. The lowest BCUT2D eigenvalue weighted by Crippen LogP contribution is -2.14. The minimum Gasteiger partial charge on any atom is -0.482 e. The quantitative estimate of drug-likeness (QED) is 0.627. The van der Waals surface area contributed by atoms with Crippen molar-refractivity contribution in [1.29, 1.82) is 0 Å². The predicted molar refractivity (Wildman–Crippen MR) is 48.6 cm³/mol. The Bertz CT molecular complexity index is 333. The first kappa shape index (κ1) is 10.0. The zero-order valence-electron chi connectivity index (χ0n) is 8.56. The molecule has 0 saturated heterocycles. The number of carbonyl (C=O) groups is 2. The zero-order chi connectivity index (χ0) is 11.0. The van der Waals surface area contributed by atoms with E-state index in [1.54, 1.807) is 13.0 Å². The van der Waals surface area contributed by atoms with Crippen LogP contribution in [0.3, 0.4) is 0 Å². The number of esters is 2. The Morgan fingerprint density at radius 1 is 1.53 bits per heavy atom. The summed E-state index contributed by atoms with van der Waals surface area (Å²) in [5.41, 5.74) is 0. The van der Waals surface area contributed by atoms with Crippen molar-refractivity contribution in [2.24, 2.45) is 11.8 Å². The molecular formula is C10H12O5. The van der Waals surface area contributed by atoms with E-state index < -0.39 is 5.97 Å². The van der Waals surface area contributed by atoms with Gasteiger partial charge < -0.3 is 14.2 Å². The number of hydrogen-bond donors (Lipinski definition) is 0. The van der Waals surface area contributed by atoms with Gasteiger partial charge in [0.05, 0.1) is 13.7 Å². The van der Waals surface area contributed by atoms with Gasteiger partial charge in [-0.05, 0) is 13.0 Å². The summed E-state index contributed by atoms with van der Waals surface area (Å²) in [6.07, 6.45) is 1.42. The van der Waals surface area contributed by atoms with Crippen LogP contribution < -0.4 is 0 Å². The van der Waals surface area contributed by atoms with Crippen molar-refractivity contribution in [3.05, 3.63) is 11.8 Å². The Balaban J connectivity index is 1.94. The molecule has 3 atom stereocenters. The molecule has 0 aromatic rings. The largest absolute Gasteiger partial charge is 0.482 e. The van der Waals surface area contributed by atoms with Gasteiger partial charge in [-0.2, -0.15) is 0 Å². The number of hydrogen-bond acceptors (Lipinski definition) is 5. The molecule has 0 N–H and O–H groups in total. The average molecular weight is 212 g/mol. The Kier molecular flexibility index (Phi) is 2.38. The molecule has 1 heterocycles. The molecule has 1 saturated carbocycles. The third kappa shape index (κ3) is 1.58. The van der Waals surface area contributed by atoms with E-state index in [0.717, 1.165) is 0 Å². The molecule has 0 radical (unpaired) electrons. The summed E-state index contributed by atoms with van der Waals surface area (Å²) >= 11 is 0. The van der Waals surface area contributed by atoms with Crippen molar-refractivity contribution in [3.8, 4) is 0 Å². The average Bonchev–Trinajstić information content (AvgIpc) is 2.72. The standard InChI is InChI=1S/C10H12O5/c1-3-14-9(11)6-4-5-7(8(5)15-6)10(12)13-2/h4-5,7-8H,3H2,1-2H3/t5-,7-,8-/m1/s1. The highest BCUT2D eigenvalue weighted by Gasteiger charge is 2.61. The van der Waals surface area contributed by atoms with Gasteiger partial charge in [-0.15, -0.1) is 0 Å². The normalized spacial score (nSPS) is 31.1. The van der Waals surface area contributed by atoms with Gasteiger partial charge in [0.15, 0.2) is 0 Å². The van der Waals surface area contributed by atoms with Gasteiger partial charge in [-0.25, -0.2) is 4.79 Å². The Morgan fingerprint density at radius 2 is 2.27 bits per heavy atom. The molecule has 1 aliphatic carbocycles. The van der Waals surface area contributed by atoms with Gasteiger partial charge in [0.25, 0.3) is 0 Å². The molecule has 0 bridgehead atoms. The summed E-state index contributed by atoms with van der Waals surface area (Å²) in [4.78, 5) is 22.4. The van der Waals surface area contributed by atoms with E-state index >= 15 is 0 Å². The van der Waals surface area contributed by atoms with Crippen LogP contribution in [-0.4, -0.2) is 31.8 Å². The van der Waals surface area contributed by atoms with Gasteiger partial charge in [-0.1, -0.05) is 0 Å².